The number of alkyl halides is 3. The van der Waals surface area contributed by atoms with Crippen molar-refractivity contribution in [2.24, 2.45) is 0 Å². The van der Waals surface area contributed by atoms with Crippen molar-refractivity contribution in [3.8, 4) is 5.75 Å². The van der Waals surface area contributed by atoms with E-state index < -0.39 is 11.7 Å². The van der Waals surface area contributed by atoms with Crippen molar-refractivity contribution in [2.75, 3.05) is 12.4 Å². The fraction of sp³-hybridized carbons (Fsp3) is 0.200. The third kappa shape index (κ3) is 4.14. The lowest BCUT2D eigenvalue weighted by Crippen LogP contribution is -2.11. The van der Waals surface area contributed by atoms with Crippen LogP contribution in [0, 0.1) is 0 Å². The second-order valence-electron chi connectivity index (χ2n) is 4.39. The van der Waals surface area contributed by atoms with Crippen molar-refractivity contribution >= 4 is 21.6 Å². The highest BCUT2D eigenvalue weighted by Crippen LogP contribution is 2.37. The predicted molar refractivity (Wildman–Crippen MR) is 79.5 cm³/mol. The monoisotopic (exact) mass is 359 g/mol. The van der Waals surface area contributed by atoms with Gasteiger partial charge in [-0.2, -0.15) is 13.2 Å². The minimum Gasteiger partial charge on any atom is -0.497 e. The van der Waals surface area contributed by atoms with Crippen LogP contribution >= 0.6 is 15.9 Å². The number of anilines is 1. The zero-order valence-corrected chi connectivity index (χ0v) is 12.8. The maximum Gasteiger partial charge on any atom is 0.418 e. The summed E-state index contributed by atoms with van der Waals surface area (Å²) in [5, 5.41) is 2.82. The maximum atomic E-state index is 13.0. The smallest absolute Gasteiger partial charge is 0.418 e. The summed E-state index contributed by atoms with van der Waals surface area (Å²) in [5.41, 5.74) is 0.187. The van der Waals surface area contributed by atoms with E-state index in [9.17, 15) is 13.2 Å². The molecule has 0 amide bonds. The van der Waals surface area contributed by atoms with Gasteiger partial charge >= 0.3 is 6.18 Å². The first-order chi connectivity index (χ1) is 9.90. The lowest BCUT2D eigenvalue weighted by Gasteiger charge is -2.16. The molecule has 0 saturated carbocycles. The van der Waals surface area contributed by atoms with Gasteiger partial charge in [0, 0.05) is 16.7 Å². The Kier molecular flexibility index (Phi) is 4.77. The lowest BCUT2D eigenvalue weighted by atomic mass is 10.1. The third-order valence-electron chi connectivity index (χ3n) is 2.93. The van der Waals surface area contributed by atoms with Gasteiger partial charge in [-0.15, -0.1) is 0 Å². The van der Waals surface area contributed by atoms with E-state index in [1.807, 2.05) is 24.3 Å². The van der Waals surface area contributed by atoms with Gasteiger partial charge in [0.25, 0.3) is 0 Å². The molecule has 0 aliphatic heterocycles. The van der Waals surface area contributed by atoms with Gasteiger partial charge < -0.3 is 10.1 Å². The summed E-state index contributed by atoms with van der Waals surface area (Å²) in [5.74, 6) is 0.177. The zero-order valence-electron chi connectivity index (χ0n) is 11.2. The van der Waals surface area contributed by atoms with Crippen molar-refractivity contribution in [1.29, 1.82) is 0 Å². The van der Waals surface area contributed by atoms with Gasteiger partial charge in [0.05, 0.1) is 12.7 Å². The third-order valence-corrected chi connectivity index (χ3v) is 3.46. The Bertz CT molecular complexity index is 611. The average Bonchev–Trinajstić information content (AvgIpc) is 2.45. The van der Waals surface area contributed by atoms with Gasteiger partial charge in [-0.25, -0.2) is 0 Å². The van der Waals surface area contributed by atoms with E-state index in [0.29, 0.717) is 6.54 Å². The van der Waals surface area contributed by atoms with Crippen LogP contribution in [0.5, 0.6) is 5.75 Å². The highest BCUT2D eigenvalue weighted by Gasteiger charge is 2.34. The standard InChI is InChI=1S/C15H13BrF3NO/c1-21-12-6-7-14(13(8-12)15(17,18)19)20-9-10-2-4-11(16)5-3-10/h2-8,20H,9H2,1H3. The molecule has 0 fully saturated rings. The van der Waals surface area contributed by atoms with Crippen LogP contribution < -0.4 is 10.1 Å². The quantitative estimate of drug-likeness (QED) is 0.820. The summed E-state index contributed by atoms with van der Waals surface area (Å²) in [7, 11) is 1.34. The van der Waals surface area contributed by atoms with Gasteiger partial charge in [0.15, 0.2) is 0 Å². The number of hydrogen-bond acceptors (Lipinski definition) is 2. The minimum atomic E-state index is -4.43. The molecule has 0 aliphatic carbocycles. The number of benzene rings is 2. The molecule has 21 heavy (non-hydrogen) atoms. The Morgan fingerprint density at radius 2 is 1.76 bits per heavy atom. The van der Waals surface area contributed by atoms with Gasteiger partial charge in [0.1, 0.15) is 5.75 Å². The second kappa shape index (κ2) is 6.39. The Morgan fingerprint density at radius 1 is 1.10 bits per heavy atom. The number of ether oxygens (including phenoxy) is 1. The molecule has 0 unspecified atom stereocenters. The molecule has 0 aliphatic rings. The van der Waals surface area contributed by atoms with Gasteiger partial charge in [0.2, 0.25) is 0 Å². The van der Waals surface area contributed by atoms with Crippen LogP contribution in [0.3, 0.4) is 0 Å². The van der Waals surface area contributed by atoms with Crippen LogP contribution in [-0.2, 0) is 12.7 Å². The number of methoxy groups -OCH3 is 1. The molecule has 0 bridgehead atoms. The first-order valence-corrected chi connectivity index (χ1v) is 6.93. The van der Waals surface area contributed by atoms with Crippen molar-refractivity contribution in [3.05, 3.63) is 58.1 Å². The molecule has 0 spiro atoms. The number of halogens is 4. The van der Waals surface area contributed by atoms with Crippen LogP contribution in [-0.4, -0.2) is 7.11 Å². The van der Waals surface area contributed by atoms with E-state index in [-0.39, 0.29) is 11.4 Å². The summed E-state index contributed by atoms with van der Waals surface area (Å²) in [6.45, 7) is 0.308. The second-order valence-corrected chi connectivity index (χ2v) is 5.30. The molecule has 0 saturated heterocycles. The summed E-state index contributed by atoms with van der Waals surface area (Å²) in [4.78, 5) is 0. The highest BCUT2D eigenvalue weighted by molar-refractivity contribution is 9.10. The molecule has 112 valence electrons. The van der Waals surface area contributed by atoms with E-state index in [2.05, 4.69) is 21.2 Å². The fourth-order valence-electron chi connectivity index (χ4n) is 1.84. The van der Waals surface area contributed by atoms with Crippen LogP contribution in [0.15, 0.2) is 46.9 Å². The largest absolute Gasteiger partial charge is 0.497 e. The van der Waals surface area contributed by atoms with Gasteiger partial charge in [-0.3, -0.25) is 0 Å². The Labute approximate surface area is 129 Å². The van der Waals surface area contributed by atoms with E-state index >= 15 is 0 Å². The van der Waals surface area contributed by atoms with Crippen molar-refractivity contribution in [3.63, 3.8) is 0 Å². The Balaban J connectivity index is 2.21. The minimum absolute atomic E-state index is 0.0335. The van der Waals surface area contributed by atoms with E-state index in [1.54, 1.807) is 0 Å². The molecule has 1 N–H and O–H groups in total. The summed E-state index contributed by atoms with van der Waals surface area (Å²) in [6, 6.07) is 11.2. The highest BCUT2D eigenvalue weighted by atomic mass is 79.9. The Morgan fingerprint density at radius 3 is 2.33 bits per heavy atom. The topological polar surface area (TPSA) is 21.3 Å². The molecule has 0 radical (unpaired) electrons. The van der Waals surface area contributed by atoms with Crippen LogP contribution in [0.2, 0.25) is 0 Å². The predicted octanol–water partition coefficient (Wildman–Crippen LogP) is 5.09. The normalized spacial score (nSPS) is 11.3. The number of nitrogens with one attached hydrogen (secondary N) is 1. The molecule has 2 aromatic rings. The van der Waals surface area contributed by atoms with Gasteiger partial charge in [-0.1, -0.05) is 28.1 Å². The van der Waals surface area contributed by atoms with Crippen molar-refractivity contribution in [2.45, 2.75) is 12.7 Å². The molecule has 6 heteroatoms. The van der Waals surface area contributed by atoms with E-state index in [1.165, 1.54) is 19.2 Å². The number of hydrogen-bond donors (Lipinski definition) is 1. The molecule has 0 aromatic heterocycles. The molecule has 2 rings (SSSR count). The van der Waals surface area contributed by atoms with Crippen molar-refractivity contribution in [1.82, 2.24) is 0 Å². The summed E-state index contributed by atoms with van der Waals surface area (Å²) in [6.07, 6.45) is -4.43. The van der Waals surface area contributed by atoms with Crippen LogP contribution in [0.4, 0.5) is 18.9 Å². The first-order valence-electron chi connectivity index (χ1n) is 6.13. The van der Waals surface area contributed by atoms with Crippen LogP contribution in [0.1, 0.15) is 11.1 Å². The molecule has 2 nitrogen and oxygen atoms in total. The van der Waals surface area contributed by atoms with Crippen LogP contribution in [0.25, 0.3) is 0 Å². The molecule has 0 heterocycles. The molecular formula is C15H13BrF3NO. The molecular weight excluding hydrogens is 347 g/mol. The number of rotatable bonds is 4. The maximum absolute atomic E-state index is 13.0. The summed E-state index contributed by atoms with van der Waals surface area (Å²) >= 11 is 3.31. The average molecular weight is 360 g/mol. The first kappa shape index (κ1) is 15.7. The summed E-state index contributed by atoms with van der Waals surface area (Å²) < 4.78 is 44.9. The van der Waals surface area contributed by atoms with Crippen molar-refractivity contribution < 1.29 is 17.9 Å². The van der Waals surface area contributed by atoms with E-state index in [0.717, 1.165) is 16.1 Å². The van der Waals surface area contributed by atoms with Gasteiger partial charge in [-0.05, 0) is 35.9 Å². The molecule has 2 aromatic carbocycles. The van der Waals surface area contributed by atoms with E-state index in [4.69, 9.17) is 4.74 Å². The SMILES string of the molecule is COc1ccc(NCc2ccc(Br)cc2)c(C(F)(F)F)c1. The zero-order chi connectivity index (χ0) is 15.5. The Hall–Kier alpha value is -1.69. The fourth-order valence-corrected chi connectivity index (χ4v) is 2.10. The molecule has 0 atom stereocenters. The lowest BCUT2D eigenvalue weighted by molar-refractivity contribution is -0.137.